The molecule has 166 valence electrons. The van der Waals surface area contributed by atoms with E-state index >= 15 is 0 Å². The van der Waals surface area contributed by atoms with E-state index in [2.05, 4.69) is 35.8 Å². The summed E-state index contributed by atoms with van der Waals surface area (Å²) in [6.45, 7) is 9.01. The fraction of sp³-hybridized carbons (Fsp3) is 0.560. The van der Waals surface area contributed by atoms with Crippen LogP contribution in [-0.2, 0) is 9.53 Å². The minimum Gasteiger partial charge on any atom is -0.461 e. The van der Waals surface area contributed by atoms with Crippen LogP contribution in [0.4, 0.5) is 5.69 Å². The summed E-state index contributed by atoms with van der Waals surface area (Å²) in [5, 5.41) is 1.17. The van der Waals surface area contributed by atoms with Crippen LogP contribution < -0.4 is 4.90 Å². The van der Waals surface area contributed by atoms with Gasteiger partial charge in [-0.3, -0.25) is 9.69 Å². The molecule has 2 fully saturated rings. The lowest BCUT2D eigenvalue weighted by atomic mass is 9.62. The highest BCUT2D eigenvalue weighted by atomic mass is 35.5. The highest BCUT2D eigenvalue weighted by molar-refractivity contribution is 6.42. The Hall–Kier alpha value is -1.49. The van der Waals surface area contributed by atoms with E-state index in [0.29, 0.717) is 10.0 Å². The average molecular weight is 461 g/mol. The first-order valence-electron chi connectivity index (χ1n) is 11.4. The molecule has 2 aliphatic heterocycles. The third kappa shape index (κ3) is 3.92. The van der Waals surface area contributed by atoms with Crippen molar-refractivity contribution >= 4 is 34.9 Å². The van der Waals surface area contributed by atoms with Gasteiger partial charge in [0.2, 0.25) is 0 Å². The maximum Gasteiger partial charge on any atom is 0.311 e. The van der Waals surface area contributed by atoms with E-state index in [9.17, 15) is 4.79 Å². The van der Waals surface area contributed by atoms with E-state index in [1.54, 1.807) is 0 Å². The van der Waals surface area contributed by atoms with Crippen LogP contribution in [0.1, 0.15) is 33.1 Å². The normalized spacial score (nSPS) is 33.4. The van der Waals surface area contributed by atoms with Gasteiger partial charge in [-0.2, -0.15) is 0 Å². The van der Waals surface area contributed by atoms with Crippen molar-refractivity contribution in [2.24, 2.45) is 17.3 Å². The zero-order valence-corrected chi connectivity index (χ0v) is 19.8. The summed E-state index contributed by atoms with van der Waals surface area (Å²) in [6, 6.07) is 5.81. The predicted molar refractivity (Wildman–Crippen MR) is 126 cm³/mol. The Kier molecular flexibility index (Phi) is 5.60. The number of benzene rings is 1. The molecule has 31 heavy (non-hydrogen) atoms. The summed E-state index contributed by atoms with van der Waals surface area (Å²) >= 11 is 12.3. The Morgan fingerprint density at radius 1 is 1.16 bits per heavy atom. The predicted octanol–water partition coefficient (Wildman–Crippen LogP) is 5.35. The van der Waals surface area contributed by atoms with Crippen molar-refractivity contribution in [2.75, 3.05) is 37.6 Å². The second kappa shape index (κ2) is 8.13. The minimum absolute atomic E-state index is 0.0114. The van der Waals surface area contributed by atoms with Crippen LogP contribution >= 0.6 is 23.2 Å². The van der Waals surface area contributed by atoms with Crippen molar-refractivity contribution in [1.29, 1.82) is 0 Å². The van der Waals surface area contributed by atoms with Gasteiger partial charge >= 0.3 is 5.97 Å². The van der Waals surface area contributed by atoms with Crippen LogP contribution in [0.2, 0.25) is 10.0 Å². The second-order valence-electron chi connectivity index (χ2n) is 9.82. The smallest absolute Gasteiger partial charge is 0.311 e. The first-order chi connectivity index (χ1) is 14.8. The topological polar surface area (TPSA) is 32.8 Å². The Morgan fingerprint density at radius 3 is 2.68 bits per heavy atom. The van der Waals surface area contributed by atoms with Gasteiger partial charge in [-0.25, -0.2) is 0 Å². The Balaban J connectivity index is 1.26. The fourth-order valence-electron chi connectivity index (χ4n) is 5.99. The molecule has 0 bridgehead atoms. The lowest BCUT2D eigenvalue weighted by molar-refractivity contribution is -0.145. The van der Waals surface area contributed by atoms with Crippen molar-refractivity contribution in [3.63, 3.8) is 0 Å². The minimum atomic E-state index is -0.0618. The molecule has 2 heterocycles. The number of halogens is 2. The second-order valence-corrected chi connectivity index (χ2v) is 10.6. The van der Waals surface area contributed by atoms with Crippen molar-refractivity contribution in [3.8, 4) is 0 Å². The Labute approximate surface area is 194 Å². The van der Waals surface area contributed by atoms with Gasteiger partial charge in [0.25, 0.3) is 0 Å². The number of carbonyl (C=O) groups excluding carboxylic acids is 1. The van der Waals surface area contributed by atoms with Crippen LogP contribution in [-0.4, -0.2) is 49.7 Å². The number of anilines is 1. The first-order valence-corrected chi connectivity index (χ1v) is 12.1. The third-order valence-corrected chi connectivity index (χ3v) is 8.53. The number of hydrogen-bond donors (Lipinski definition) is 0. The van der Waals surface area contributed by atoms with Crippen LogP contribution in [0.3, 0.4) is 0 Å². The van der Waals surface area contributed by atoms with Gasteiger partial charge in [0.1, 0.15) is 6.10 Å². The maximum absolute atomic E-state index is 12.8. The molecule has 0 saturated carbocycles. The zero-order valence-electron chi connectivity index (χ0n) is 18.2. The van der Waals surface area contributed by atoms with Gasteiger partial charge in [0, 0.05) is 44.3 Å². The molecule has 5 rings (SSSR count). The molecular weight excluding hydrogens is 431 g/mol. The molecule has 1 aromatic rings. The molecule has 0 N–H and O–H groups in total. The van der Waals surface area contributed by atoms with Crippen LogP contribution in [0.15, 0.2) is 41.5 Å². The van der Waals surface area contributed by atoms with E-state index in [-0.39, 0.29) is 29.3 Å². The number of esters is 1. The fourth-order valence-corrected chi connectivity index (χ4v) is 6.28. The van der Waals surface area contributed by atoms with E-state index < -0.39 is 0 Å². The summed E-state index contributed by atoms with van der Waals surface area (Å²) in [5.74, 6) is 0.126. The van der Waals surface area contributed by atoms with Gasteiger partial charge in [0.05, 0.1) is 16.0 Å². The van der Waals surface area contributed by atoms with Crippen molar-refractivity contribution in [3.05, 3.63) is 51.5 Å². The summed E-state index contributed by atoms with van der Waals surface area (Å²) in [5.41, 5.74) is 4.10. The molecule has 0 spiro atoms. The van der Waals surface area contributed by atoms with Gasteiger partial charge < -0.3 is 9.64 Å². The van der Waals surface area contributed by atoms with Crippen LogP contribution in [0.25, 0.3) is 0 Å². The highest BCUT2D eigenvalue weighted by Crippen LogP contribution is 2.52. The maximum atomic E-state index is 12.8. The monoisotopic (exact) mass is 460 g/mol. The van der Waals surface area contributed by atoms with Gasteiger partial charge in [-0.15, -0.1) is 0 Å². The van der Waals surface area contributed by atoms with Crippen LogP contribution in [0, 0.1) is 17.3 Å². The number of ether oxygens (including phenoxy) is 1. The number of fused-ring (bicyclic) bond motifs is 2. The summed E-state index contributed by atoms with van der Waals surface area (Å²) in [6.07, 6.45) is 8.01. The van der Waals surface area contributed by atoms with E-state index in [1.807, 2.05) is 18.2 Å². The van der Waals surface area contributed by atoms with Gasteiger partial charge in [-0.05, 0) is 55.4 Å². The number of hydrogen-bond acceptors (Lipinski definition) is 4. The summed E-state index contributed by atoms with van der Waals surface area (Å²) < 4.78 is 5.92. The largest absolute Gasteiger partial charge is 0.461 e. The zero-order chi connectivity index (χ0) is 21.8. The van der Waals surface area contributed by atoms with Crippen molar-refractivity contribution in [1.82, 2.24) is 4.90 Å². The van der Waals surface area contributed by atoms with E-state index in [4.69, 9.17) is 27.9 Å². The molecule has 4 aliphatic rings. The SMILES string of the molecule is CC1=CCC[C@@]2(C)C[C@H]3OC(=O)[C@H](CN4CCN(c5ccc(Cl)c(Cl)c5)CC4)[C@@H]3C=C12. The standard InChI is InChI=1S/C25H30Cl2N2O2/c1-16-4-3-7-25(2)14-23-18(13-20(16)25)19(24(30)31-23)15-28-8-10-29(11-9-28)17-5-6-21(26)22(27)12-17/h4-6,12-13,18-19,23H,3,7-11,14-15H2,1-2H3/t18-,19+,23+,25-/m0/s1. The molecule has 0 aromatic heterocycles. The van der Waals surface area contributed by atoms with E-state index in [1.165, 1.54) is 11.1 Å². The Morgan fingerprint density at radius 2 is 1.94 bits per heavy atom. The number of carbonyl (C=O) groups is 1. The Bertz CT molecular complexity index is 951. The summed E-state index contributed by atoms with van der Waals surface area (Å²) in [7, 11) is 0. The summed E-state index contributed by atoms with van der Waals surface area (Å²) in [4.78, 5) is 17.6. The first kappa shape index (κ1) is 21.4. The molecular formula is C25H30Cl2N2O2. The lowest BCUT2D eigenvalue weighted by Gasteiger charge is -2.43. The molecule has 1 aromatic carbocycles. The molecule has 4 nitrogen and oxygen atoms in total. The van der Waals surface area contributed by atoms with Gasteiger partial charge in [0.15, 0.2) is 0 Å². The molecule has 4 atom stereocenters. The average Bonchev–Trinajstić information content (AvgIpc) is 3.03. The molecule has 0 unspecified atom stereocenters. The van der Waals surface area contributed by atoms with Gasteiger partial charge in [-0.1, -0.05) is 47.9 Å². The lowest BCUT2D eigenvalue weighted by Crippen LogP contribution is -2.49. The number of nitrogens with zero attached hydrogens (tertiary/aromatic N) is 2. The molecule has 0 radical (unpaired) electrons. The quantitative estimate of drug-likeness (QED) is 0.569. The molecule has 0 amide bonds. The molecule has 2 saturated heterocycles. The van der Waals surface area contributed by atoms with E-state index in [0.717, 1.165) is 57.7 Å². The number of piperazine rings is 1. The van der Waals surface area contributed by atoms with Crippen molar-refractivity contribution in [2.45, 2.75) is 39.2 Å². The number of allylic oxidation sites excluding steroid dienone is 3. The molecule has 2 aliphatic carbocycles. The number of rotatable bonds is 3. The highest BCUT2D eigenvalue weighted by Gasteiger charge is 2.51. The molecule has 6 heteroatoms. The third-order valence-electron chi connectivity index (χ3n) is 7.79. The van der Waals surface area contributed by atoms with Crippen molar-refractivity contribution < 1.29 is 9.53 Å². The van der Waals surface area contributed by atoms with Crippen LogP contribution in [0.5, 0.6) is 0 Å².